The Morgan fingerprint density at radius 1 is 1.10 bits per heavy atom. The summed E-state index contributed by atoms with van der Waals surface area (Å²) < 4.78 is 0. The number of hydrogen-bond acceptors (Lipinski definition) is 2. The minimum absolute atomic E-state index is 0.00295. The van der Waals surface area contributed by atoms with E-state index in [1.165, 1.54) is 5.56 Å². The first kappa shape index (κ1) is 12.3. The first-order valence-electron chi connectivity index (χ1n) is 7.24. The topological polar surface area (TPSA) is 46.2 Å². The maximum Gasteiger partial charge on any atom is 0.228 e. The highest BCUT2D eigenvalue weighted by Crippen LogP contribution is 2.49. The molecule has 21 heavy (non-hydrogen) atoms. The van der Waals surface area contributed by atoms with Crippen molar-refractivity contribution in [3.8, 4) is 0 Å². The largest absolute Gasteiger partial charge is 0.326 e. The average molecular weight is 277 g/mol. The van der Waals surface area contributed by atoms with Gasteiger partial charge in [-0.3, -0.25) is 9.59 Å². The molecule has 2 aromatic carbocycles. The smallest absolute Gasteiger partial charge is 0.228 e. The zero-order chi connectivity index (χ0) is 14.4. The number of carbonyl (C=O) groups excluding carboxylic acids is 2. The van der Waals surface area contributed by atoms with Crippen LogP contribution < -0.4 is 5.32 Å². The third-order valence-corrected chi connectivity index (χ3v) is 4.37. The highest BCUT2D eigenvalue weighted by Gasteiger charge is 2.44. The van der Waals surface area contributed by atoms with Gasteiger partial charge in [0.05, 0.1) is 6.42 Å². The fraction of sp³-hybridized carbons (Fsp3) is 0.222. The number of carbonyl (C=O) groups is 2. The summed E-state index contributed by atoms with van der Waals surface area (Å²) in [4.78, 5) is 23.9. The molecule has 1 aliphatic carbocycles. The molecule has 2 aliphatic rings. The van der Waals surface area contributed by atoms with E-state index >= 15 is 0 Å². The third-order valence-electron chi connectivity index (χ3n) is 4.37. The van der Waals surface area contributed by atoms with Gasteiger partial charge in [-0.25, -0.2) is 0 Å². The van der Waals surface area contributed by atoms with Crippen LogP contribution in [0, 0.1) is 5.92 Å². The van der Waals surface area contributed by atoms with Crippen LogP contribution in [0.15, 0.2) is 48.5 Å². The average Bonchev–Trinajstić information content (AvgIpc) is 3.22. The number of fused-ring (bicyclic) bond motifs is 1. The molecule has 1 fully saturated rings. The zero-order valence-electron chi connectivity index (χ0n) is 11.5. The Labute approximate surface area is 123 Å². The van der Waals surface area contributed by atoms with E-state index in [0.29, 0.717) is 12.3 Å². The summed E-state index contributed by atoms with van der Waals surface area (Å²) in [6.07, 6.45) is 1.31. The van der Waals surface area contributed by atoms with Gasteiger partial charge in [-0.1, -0.05) is 30.3 Å². The minimum Gasteiger partial charge on any atom is -0.326 e. The number of benzene rings is 2. The molecule has 0 aromatic heterocycles. The normalized spacial score (nSPS) is 22.6. The van der Waals surface area contributed by atoms with E-state index in [1.807, 2.05) is 36.4 Å². The van der Waals surface area contributed by atoms with Crippen LogP contribution in [0.3, 0.4) is 0 Å². The van der Waals surface area contributed by atoms with Crippen LogP contribution in [0.25, 0.3) is 0 Å². The molecule has 1 heterocycles. The van der Waals surface area contributed by atoms with Gasteiger partial charge in [0.1, 0.15) is 0 Å². The summed E-state index contributed by atoms with van der Waals surface area (Å²) in [6, 6.07) is 15.7. The van der Waals surface area contributed by atoms with Crippen molar-refractivity contribution in [2.75, 3.05) is 5.32 Å². The molecule has 104 valence electrons. The molecule has 0 saturated heterocycles. The van der Waals surface area contributed by atoms with Crippen molar-refractivity contribution in [3.63, 3.8) is 0 Å². The van der Waals surface area contributed by atoms with Gasteiger partial charge in [0.25, 0.3) is 0 Å². The molecule has 2 aromatic rings. The van der Waals surface area contributed by atoms with E-state index in [-0.39, 0.29) is 17.6 Å². The summed E-state index contributed by atoms with van der Waals surface area (Å²) in [7, 11) is 0. The predicted molar refractivity (Wildman–Crippen MR) is 80.4 cm³/mol. The molecule has 2 unspecified atom stereocenters. The van der Waals surface area contributed by atoms with Crippen molar-refractivity contribution in [2.24, 2.45) is 5.92 Å². The molecule has 1 saturated carbocycles. The van der Waals surface area contributed by atoms with Crippen LogP contribution >= 0.6 is 0 Å². The van der Waals surface area contributed by atoms with E-state index < -0.39 is 0 Å². The van der Waals surface area contributed by atoms with E-state index in [9.17, 15) is 9.59 Å². The van der Waals surface area contributed by atoms with Crippen LogP contribution in [-0.2, 0) is 11.2 Å². The summed E-state index contributed by atoms with van der Waals surface area (Å²) in [5.41, 5.74) is 3.75. The second-order valence-corrected chi connectivity index (χ2v) is 5.82. The lowest BCUT2D eigenvalue weighted by Gasteiger charge is -2.04. The van der Waals surface area contributed by atoms with E-state index in [4.69, 9.17) is 0 Å². The second kappa shape index (κ2) is 4.55. The van der Waals surface area contributed by atoms with Crippen molar-refractivity contribution in [2.45, 2.75) is 18.8 Å². The monoisotopic (exact) mass is 277 g/mol. The van der Waals surface area contributed by atoms with E-state index in [2.05, 4.69) is 17.4 Å². The van der Waals surface area contributed by atoms with Crippen molar-refractivity contribution >= 4 is 17.4 Å². The molecule has 0 spiro atoms. The molecule has 0 bridgehead atoms. The van der Waals surface area contributed by atoms with Gasteiger partial charge in [-0.05, 0) is 41.7 Å². The lowest BCUT2D eigenvalue weighted by Crippen LogP contribution is -2.03. The maximum atomic E-state index is 12.6. The molecule has 4 rings (SSSR count). The van der Waals surface area contributed by atoms with E-state index in [0.717, 1.165) is 23.2 Å². The molecular weight excluding hydrogens is 262 g/mol. The highest BCUT2D eigenvalue weighted by molar-refractivity contribution is 6.04. The number of hydrogen-bond donors (Lipinski definition) is 1. The number of nitrogens with one attached hydrogen (secondary N) is 1. The van der Waals surface area contributed by atoms with Crippen LogP contribution in [-0.4, -0.2) is 11.7 Å². The van der Waals surface area contributed by atoms with Crippen LogP contribution in [0.2, 0.25) is 0 Å². The minimum atomic E-state index is 0.00295. The quantitative estimate of drug-likeness (QED) is 0.876. The summed E-state index contributed by atoms with van der Waals surface area (Å²) in [6.45, 7) is 0. The third kappa shape index (κ3) is 2.15. The number of rotatable bonds is 3. The molecule has 1 amide bonds. The lowest BCUT2D eigenvalue weighted by molar-refractivity contribution is -0.115. The van der Waals surface area contributed by atoms with Gasteiger partial charge < -0.3 is 5.32 Å². The number of amides is 1. The summed E-state index contributed by atoms with van der Waals surface area (Å²) in [5, 5.41) is 2.79. The first-order valence-corrected chi connectivity index (χ1v) is 7.24. The molecule has 0 radical (unpaired) electrons. The Morgan fingerprint density at radius 3 is 2.71 bits per heavy atom. The van der Waals surface area contributed by atoms with Crippen molar-refractivity contribution in [1.82, 2.24) is 0 Å². The number of ketones is 1. The SMILES string of the molecule is O=C1Cc2cc(C(=O)C3CC3c3ccccc3)ccc2N1. The molecule has 3 nitrogen and oxygen atoms in total. The Bertz CT molecular complexity index is 736. The standard InChI is InChI=1S/C18H15NO2/c20-17-9-13-8-12(6-7-16(13)19-17)18(21)15-10-14(15)11-4-2-1-3-5-11/h1-8,14-15H,9-10H2,(H,19,20). The van der Waals surface area contributed by atoms with Crippen LogP contribution in [0.5, 0.6) is 0 Å². The van der Waals surface area contributed by atoms with E-state index in [1.54, 1.807) is 0 Å². The van der Waals surface area contributed by atoms with Crippen molar-refractivity contribution in [1.29, 1.82) is 0 Å². The van der Waals surface area contributed by atoms with Crippen LogP contribution in [0.1, 0.15) is 33.8 Å². The maximum absolute atomic E-state index is 12.6. The van der Waals surface area contributed by atoms with Gasteiger partial charge in [-0.2, -0.15) is 0 Å². The zero-order valence-corrected chi connectivity index (χ0v) is 11.5. The molecular formula is C18H15NO2. The molecule has 2 atom stereocenters. The fourth-order valence-electron chi connectivity index (χ4n) is 3.15. The summed E-state index contributed by atoms with van der Waals surface area (Å²) in [5.74, 6) is 0.649. The predicted octanol–water partition coefficient (Wildman–Crippen LogP) is 3.17. The number of Topliss-reactive ketones (excluding diaryl/α,β-unsaturated/α-hetero) is 1. The Balaban J connectivity index is 1.55. The van der Waals surface area contributed by atoms with Gasteiger partial charge >= 0.3 is 0 Å². The van der Waals surface area contributed by atoms with Crippen molar-refractivity contribution < 1.29 is 9.59 Å². The molecule has 3 heteroatoms. The highest BCUT2D eigenvalue weighted by atomic mass is 16.1. The lowest BCUT2D eigenvalue weighted by atomic mass is 10.00. The van der Waals surface area contributed by atoms with Gasteiger partial charge in [-0.15, -0.1) is 0 Å². The second-order valence-electron chi connectivity index (χ2n) is 5.82. The summed E-state index contributed by atoms with van der Waals surface area (Å²) >= 11 is 0. The van der Waals surface area contributed by atoms with Gasteiger partial charge in [0, 0.05) is 17.2 Å². The molecule has 1 aliphatic heterocycles. The fourth-order valence-corrected chi connectivity index (χ4v) is 3.15. The van der Waals surface area contributed by atoms with Crippen molar-refractivity contribution in [3.05, 3.63) is 65.2 Å². The van der Waals surface area contributed by atoms with Gasteiger partial charge in [0.2, 0.25) is 5.91 Å². The van der Waals surface area contributed by atoms with Crippen LogP contribution in [0.4, 0.5) is 5.69 Å². The Kier molecular flexibility index (Phi) is 2.67. The number of anilines is 1. The molecule has 1 N–H and O–H groups in total. The first-order chi connectivity index (χ1) is 10.2. The Morgan fingerprint density at radius 2 is 1.90 bits per heavy atom. The van der Waals surface area contributed by atoms with Gasteiger partial charge in [0.15, 0.2) is 5.78 Å². The Hall–Kier alpha value is -2.42.